The van der Waals surface area contributed by atoms with Crippen molar-refractivity contribution in [1.82, 2.24) is 0 Å². The zero-order chi connectivity index (χ0) is 19.6. The fourth-order valence-electron chi connectivity index (χ4n) is 2.83. The van der Waals surface area contributed by atoms with Crippen LogP contribution in [0, 0.1) is 10.1 Å². The van der Waals surface area contributed by atoms with Crippen LogP contribution in [0.25, 0.3) is 0 Å². The minimum Gasteiger partial charge on any atom is -0.379 e. The molecule has 7 nitrogen and oxygen atoms in total. The minimum absolute atomic E-state index is 0.0199. The lowest BCUT2D eigenvalue weighted by atomic mass is 9.89. The number of nitro groups is 1. The average molecular weight is 405 g/mol. The predicted octanol–water partition coefficient (Wildman–Crippen LogP) is 4.17. The van der Waals surface area contributed by atoms with E-state index < -0.39 is 16.4 Å². The number of anilines is 1. The molecular weight excluding hydrogens is 388 g/mol. The third kappa shape index (κ3) is 4.23. The number of hydrogen-bond acceptors (Lipinski definition) is 6. The number of halogens is 1. The molecule has 1 aliphatic heterocycles. The second-order valence-corrected chi connectivity index (χ2v) is 7.80. The van der Waals surface area contributed by atoms with E-state index >= 15 is 0 Å². The van der Waals surface area contributed by atoms with Crippen molar-refractivity contribution < 1.29 is 9.72 Å². The molecule has 2 aromatic rings. The lowest BCUT2D eigenvalue weighted by Crippen LogP contribution is -2.28. The van der Waals surface area contributed by atoms with Gasteiger partial charge in [-0.25, -0.2) is 0 Å². The Morgan fingerprint density at radius 1 is 1.37 bits per heavy atom. The number of thioether (sulfide) groups is 1. The Morgan fingerprint density at radius 2 is 2.15 bits per heavy atom. The van der Waals surface area contributed by atoms with Crippen molar-refractivity contribution in [3.63, 3.8) is 0 Å². The van der Waals surface area contributed by atoms with Crippen LogP contribution in [0.5, 0.6) is 0 Å². The molecule has 0 fully saturated rings. The van der Waals surface area contributed by atoms with Crippen molar-refractivity contribution in [3.05, 3.63) is 68.7 Å². The summed E-state index contributed by atoms with van der Waals surface area (Å²) in [7, 11) is 0. The maximum Gasteiger partial charge on any atom is 0.270 e. The van der Waals surface area contributed by atoms with Crippen LogP contribution in [0.1, 0.15) is 29.3 Å². The number of carbonyl (C=O) groups is 1. The van der Waals surface area contributed by atoms with E-state index in [1.54, 1.807) is 6.07 Å². The van der Waals surface area contributed by atoms with Crippen LogP contribution < -0.4 is 11.1 Å². The number of nitro benzene ring substituents is 1. The highest BCUT2D eigenvalue weighted by atomic mass is 35.5. The highest BCUT2D eigenvalue weighted by molar-refractivity contribution is 8.13. The largest absolute Gasteiger partial charge is 0.379 e. The molecule has 140 valence electrons. The summed E-state index contributed by atoms with van der Waals surface area (Å²) in [4.78, 5) is 27.3. The molecular formula is C18H17ClN4O3S. The lowest BCUT2D eigenvalue weighted by molar-refractivity contribution is -0.384. The van der Waals surface area contributed by atoms with Crippen molar-refractivity contribution in [2.45, 2.75) is 18.9 Å². The van der Waals surface area contributed by atoms with Crippen molar-refractivity contribution >= 4 is 45.8 Å². The van der Waals surface area contributed by atoms with E-state index in [1.165, 1.54) is 23.9 Å². The van der Waals surface area contributed by atoms with Gasteiger partial charge >= 0.3 is 0 Å². The number of aliphatic imine (C=N–C) groups is 1. The Bertz CT molecular complexity index is 950. The molecule has 0 radical (unpaired) electrons. The van der Waals surface area contributed by atoms with Gasteiger partial charge in [-0.3, -0.25) is 19.9 Å². The third-order valence-electron chi connectivity index (χ3n) is 4.35. The number of nitrogens with zero attached hydrogens (tertiary/aromatic N) is 2. The second kappa shape index (κ2) is 7.58. The molecule has 0 bridgehead atoms. The van der Waals surface area contributed by atoms with Crippen molar-refractivity contribution in [2.75, 3.05) is 11.1 Å². The number of non-ortho nitro benzene ring substituents is 1. The van der Waals surface area contributed by atoms with Crippen molar-refractivity contribution in [2.24, 2.45) is 10.7 Å². The highest BCUT2D eigenvalue weighted by Crippen LogP contribution is 2.36. The molecule has 1 atom stereocenters. The summed E-state index contributed by atoms with van der Waals surface area (Å²) in [5.41, 5.74) is 6.95. The van der Waals surface area contributed by atoms with E-state index in [-0.39, 0.29) is 16.3 Å². The first-order chi connectivity index (χ1) is 12.8. The Hall–Kier alpha value is -2.58. The summed E-state index contributed by atoms with van der Waals surface area (Å²) >= 11 is 7.55. The van der Waals surface area contributed by atoms with Crippen LogP contribution in [-0.2, 0) is 5.54 Å². The third-order valence-corrected chi connectivity index (χ3v) is 5.45. The number of amidine groups is 1. The van der Waals surface area contributed by atoms with Gasteiger partial charge in [0.1, 0.15) is 0 Å². The quantitative estimate of drug-likeness (QED) is 0.586. The molecule has 1 unspecified atom stereocenters. The Labute approximate surface area is 165 Å². The SMILES string of the molecule is CC1(c2cccc(NC(=O)c3ccc([N+](=O)[O-])cc3Cl)c2)CCSC(N)=N1. The molecule has 2 aromatic carbocycles. The Kier molecular flexibility index (Phi) is 5.38. The number of carbonyl (C=O) groups excluding carboxylic acids is 1. The Morgan fingerprint density at radius 3 is 2.81 bits per heavy atom. The molecule has 0 saturated carbocycles. The van der Waals surface area contributed by atoms with Crippen molar-refractivity contribution in [3.8, 4) is 0 Å². The van der Waals surface area contributed by atoms with Gasteiger partial charge in [0.05, 0.1) is 21.0 Å². The molecule has 1 heterocycles. The Balaban J connectivity index is 1.83. The summed E-state index contributed by atoms with van der Waals surface area (Å²) < 4.78 is 0. The molecule has 3 rings (SSSR count). The maximum atomic E-state index is 12.5. The van der Waals surface area contributed by atoms with E-state index in [0.29, 0.717) is 10.9 Å². The zero-order valence-corrected chi connectivity index (χ0v) is 16.0. The first-order valence-corrected chi connectivity index (χ1v) is 9.49. The predicted molar refractivity (Wildman–Crippen MR) is 109 cm³/mol. The smallest absolute Gasteiger partial charge is 0.270 e. The number of amides is 1. The molecule has 0 aromatic heterocycles. The molecule has 0 saturated heterocycles. The van der Waals surface area contributed by atoms with E-state index in [2.05, 4.69) is 10.3 Å². The molecule has 0 spiro atoms. The first kappa shape index (κ1) is 19.2. The van der Waals surface area contributed by atoms with Gasteiger partial charge in [0.2, 0.25) is 0 Å². The van der Waals surface area contributed by atoms with Crippen LogP contribution in [-0.4, -0.2) is 21.8 Å². The van der Waals surface area contributed by atoms with Gasteiger partial charge in [-0.2, -0.15) is 0 Å². The summed E-state index contributed by atoms with van der Waals surface area (Å²) in [6, 6.07) is 11.1. The molecule has 3 N–H and O–H groups in total. The monoisotopic (exact) mass is 404 g/mol. The van der Waals surface area contributed by atoms with E-state index in [4.69, 9.17) is 17.3 Å². The molecule has 1 amide bonds. The highest BCUT2D eigenvalue weighted by Gasteiger charge is 2.29. The molecule has 0 aliphatic carbocycles. The van der Waals surface area contributed by atoms with E-state index in [9.17, 15) is 14.9 Å². The van der Waals surface area contributed by atoms with Gasteiger partial charge in [-0.1, -0.05) is 35.5 Å². The van der Waals surface area contributed by atoms with Gasteiger partial charge in [-0.15, -0.1) is 0 Å². The van der Waals surface area contributed by atoms with Gasteiger partial charge in [0, 0.05) is 23.6 Å². The number of nitrogens with one attached hydrogen (secondary N) is 1. The first-order valence-electron chi connectivity index (χ1n) is 8.12. The summed E-state index contributed by atoms with van der Waals surface area (Å²) in [6.07, 6.45) is 0.837. The van der Waals surface area contributed by atoms with Gasteiger partial charge in [0.25, 0.3) is 11.6 Å². The minimum atomic E-state index is -0.563. The number of rotatable bonds is 4. The number of hydrogen-bond donors (Lipinski definition) is 2. The number of benzene rings is 2. The average Bonchev–Trinajstić information content (AvgIpc) is 2.61. The topological polar surface area (TPSA) is 111 Å². The van der Waals surface area contributed by atoms with Crippen LogP contribution in [0.2, 0.25) is 5.02 Å². The maximum absolute atomic E-state index is 12.5. The fraction of sp³-hybridized carbons (Fsp3) is 0.222. The van der Waals surface area contributed by atoms with E-state index in [1.807, 2.05) is 25.1 Å². The van der Waals surface area contributed by atoms with Crippen molar-refractivity contribution in [1.29, 1.82) is 0 Å². The second-order valence-electron chi connectivity index (χ2n) is 6.28. The van der Waals surface area contributed by atoms with Crippen LogP contribution in [0.4, 0.5) is 11.4 Å². The molecule has 9 heteroatoms. The molecule has 1 aliphatic rings. The lowest BCUT2D eigenvalue weighted by Gasteiger charge is -2.30. The summed E-state index contributed by atoms with van der Waals surface area (Å²) in [6.45, 7) is 2.01. The summed E-state index contributed by atoms with van der Waals surface area (Å²) in [5, 5.41) is 14.1. The van der Waals surface area contributed by atoms with E-state index in [0.717, 1.165) is 23.8 Å². The number of nitrogens with two attached hydrogens (primary N) is 1. The van der Waals surface area contributed by atoms with Gasteiger partial charge < -0.3 is 11.1 Å². The van der Waals surface area contributed by atoms with Gasteiger partial charge in [0.15, 0.2) is 5.17 Å². The summed E-state index contributed by atoms with van der Waals surface area (Å²) in [5.74, 6) is 0.431. The fourth-order valence-corrected chi connectivity index (χ4v) is 4.06. The zero-order valence-electron chi connectivity index (χ0n) is 14.4. The standard InChI is InChI=1S/C18H17ClN4O3S/c1-18(7-8-27-17(20)22-18)11-3-2-4-12(9-11)21-16(24)14-6-5-13(23(25)26)10-15(14)19/h2-6,9-10H,7-8H2,1H3,(H2,20,22)(H,21,24). The van der Waals surface area contributed by atoms with Gasteiger partial charge in [-0.05, 0) is 37.1 Å². The van der Waals surface area contributed by atoms with Crippen LogP contribution in [0.3, 0.4) is 0 Å². The normalized spacial score (nSPS) is 19.3. The molecule has 27 heavy (non-hydrogen) atoms. The van der Waals surface area contributed by atoms with Crippen LogP contribution in [0.15, 0.2) is 47.5 Å². The van der Waals surface area contributed by atoms with Crippen LogP contribution >= 0.6 is 23.4 Å².